The van der Waals surface area contributed by atoms with Gasteiger partial charge in [-0.15, -0.1) is 0 Å². The second-order valence-electron chi connectivity index (χ2n) is 8.33. The Balaban J connectivity index is 2.55. The van der Waals surface area contributed by atoms with Crippen LogP contribution in [0.2, 0.25) is 19.1 Å². The normalized spacial score (nSPS) is 13.0. The highest BCUT2D eigenvalue weighted by Crippen LogP contribution is 2.21. The molecule has 0 spiro atoms. The van der Waals surface area contributed by atoms with Crippen molar-refractivity contribution >= 4 is 17.6 Å². The Bertz CT molecular complexity index is 488. The van der Waals surface area contributed by atoms with Gasteiger partial charge in [0.2, 0.25) is 0 Å². The SMILES string of the molecule is CO[Si](CCCCN(Cc1ccccc1)C(C)(C)C)(OC)OC[SiH](C)C. The molecule has 6 heteroatoms. The van der Waals surface area contributed by atoms with Gasteiger partial charge in [-0.2, -0.15) is 0 Å². The second kappa shape index (κ2) is 11.4. The van der Waals surface area contributed by atoms with Crippen molar-refractivity contribution in [2.45, 2.75) is 64.8 Å². The molecule has 1 rings (SSSR count). The van der Waals surface area contributed by atoms with Gasteiger partial charge in [0.05, 0.1) is 8.80 Å². The minimum atomic E-state index is -2.48. The fraction of sp³-hybridized carbons (Fsp3) is 0.700. The maximum atomic E-state index is 6.10. The Morgan fingerprint density at radius 3 is 2.12 bits per heavy atom. The van der Waals surface area contributed by atoms with Gasteiger partial charge in [0.1, 0.15) is 0 Å². The molecule has 0 radical (unpaired) electrons. The van der Waals surface area contributed by atoms with Crippen LogP contribution in [-0.4, -0.2) is 55.0 Å². The minimum absolute atomic E-state index is 0.145. The van der Waals surface area contributed by atoms with E-state index in [1.165, 1.54) is 5.56 Å². The predicted molar refractivity (Wildman–Crippen MR) is 115 cm³/mol. The number of hydrogen-bond acceptors (Lipinski definition) is 4. The molecule has 0 saturated heterocycles. The van der Waals surface area contributed by atoms with E-state index in [9.17, 15) is 0 Å². The van der Waals surface area contributed by atoms with Crippen molar-refractivity contribution in [3.63, 3.8) is 0 Å². The molecule has 0 atom stereocenters. The van der Waals surface area contributed by atoms with E-state index in [1.54, 1.807) is 14.2 Å². The zero-order valence-corrected chi connectivity index (χ0v) is 20.0. The average molecular weight is 398 g/mol. The first kappa shape index (κ1) is 23.5. The van der Waals surface area contributed by atoms with Crippen LogP contribution in [0.4, 0.5) is 0 Å². The molecule has 0 aromatic heterocycles. The molecule has 0 aliphatic rings. The van der Waals surface area contributed by atoms with E-state index in [4.69, 9.17) is 13.3 Å². The van der Waals surface area contributed by atoms with Crippen LogP contribution < -0.4 is 0 Å². The van der Waals surface area contributed by atoms with Crippen molar-refractivity contribution < 1.29 is 13.3 Å². The van der Waals surface area contributed by atoms with Crippen molar-refractivity contribution in [1.29, 1.82) is 0 Å². The molecule has 4 nitrogen and oxygen atoms in total. The molecule has 0 fully saturated rings. The topological polar surface area (TPSA) is 30.9 Å². The third-order valence-corrected chi connectivity index (χ3v) is 8.57. The summed E-state index contributed by atoms with van der Waals surface area (Å²) in [6.45, 7) is 13.5. The van der Waals surface area contributed by atoms with E-state index in [0.29, 0.717) is 0 Å². The summed E-state index contributed by atoms with van der Waals surface area (Å²) in [6.07, 6.45) is 3.01. The lowest BCUT2D eigenvalue weighted by atomic mass is 10.0. The number of hydrogen-bond donors (Lipinski definition) is 0. The molecule has 0 bridgehead atoms. The van der Waals surface area contributed by atoms with Gasteiger partial charge in [0.15, 0.2) is 0 Å². The summed E-state index contributed by atoms with van der Waals surface area (Å²) in [5.41, 5.74) is 1.51. The van der Waals surface area contributed by atoms with Crippen molar-refractivity contribution in [2.24, 2.45) is 0 Å². The van der Waals surface area contributed by atoms with Crippen LogP contribution in [0.1, 0.15) is 39.2 Å². The Kier molecular flexibility index (Phi) is 10.3. The van der Waals surface area contributed by atoms with Gasteiger partial charge in [-0.1, -0.05) is 43.4 Å². The molecule has 0 aliphatic carbocycles. The zero-order chi connectivity index (χ0) is 19.6. The Morgan fingerprint density at radius 2 is 1.62 bits per heavy atom. The van der Waals surface area contributed by atoms with Gasteiger partial charge in [-0.25, -0.2) is 0 Å². The zero-order valence-electron chi connectivity index (χ0n) is 17.9. The van der Waals surface area contributed by atoms with Gasteiger partial charge in [-0.3, -0.25) is 4.90 Å². The Hall–Kier alpha value is -0.506. The molecule has 0 amide bonds. The molecule has 150 valence electrons. The van der Waals surface area contributed by atoms with E-state index >= 15 is 0 Å². The first-order valence-corrected chi connectivity index (χ1v) is 14.8. The molecule has 1 aromatic rings. The fourth-order valence-electron chi connectivity index (χ4n) is 2.87. The molecule has 0 unspecified atom stereocenters. The van der Waals surface area contributed by atoms with Crippen molar-refractivity contribution in [2.75, 3.05) is 27.0 Å². The summed E-state index contributed by atoms with van der Waals surface area (Å²) in [5, 5.41) is 0. The number of benzene rings is 1. The largest absolute Gasteiger partial charge is 0.500 e. The van der Waals surface area contributed by atoms with Crippen LogP contribution in [0.25, 0.3) is 0 Å². The summed E-state index contributed by atoms with van der Waals surface area (Å²) in [6, 6.07) is 11.6. The van der Waals surface area contributed by atoms with Crippen LogP contribution in [0.5, 0.6) is 0 Å². The number of nitrogens with zero attached hydrogens (tertiary/aromatic N) is 1. The van der Waals surface area contributed by atoms with Gasteiger partial charge < -0.3 is 13.3 Å². The van der Waals surface area contributed by atoms with Crippen LogP contribution >= 0.6 is 0 Å². The Labute approximate surface area is 163 Å². The van der Waals surface area contributed by atoms with E-state index in [1.807, 2.05) is 0 Å². The number of unbranched alkanes of at least 4 members (excludes halogenated alkanes) is 1. The summed E-state index contributed by atoms with van der Waals surface area (Å²) >= 11 is 0. The molecule has 26 heavy (non-hydrogen) atoms. The van der Waals surface area contributed by atoms with Gasteiger partial charge in [0.25, 0.3) is 0 Å². The lowest BCUT2D eigenvalue weighted by Gasteiger charge is -2.36. The number of rotatable bonds is 12. The molecular weight excluding hydrogens is 358 g/mol. The second-order valence-corrected chi connectivity index (χ2v) is 14.4. The van der Waals surface area contributed by atoms with E-state index in [0.717, 1.165) is 38.2 Å². The summed E-state index contributed by atoms with van der Waals surface area (Å²) in [5.74, 6) is 0. The summed E-state index contributed by atoms with van der Waals surface area (Å²) in [4.78, 5) is 2.55. The smallest absolute Gasteiger partial charge is 0.377 e. The summed E-state index contributed by atoms with van der Waals surface area (Å²) < 4.78 is 17.5. The molecule has 0 saturated carbocycles. The lowest BCUT2D eigenvalue weighted by Crippen LogP contribution is -2.46. The monoisotopic (exact) mass is 397 g/mol. The first-order chi connectivity index (χ1) is 12.2. The van der Waals surface area contributed by atoms with Gasteiger partial charge >= 0.3 is 8.80 Å². The molecule has 0 heterocycles. The highest BCUT2D eigenvalue weighted by atomic mass is 28.4. The molecule has 0 aliphatic heterocycles. The predicted octanol–water partition coefficient (Wildman–Crippen LogP) is 4.34. The van der Waals surface area contributed by atoms with Gasteiger partial charge in [0, 0.05) is 38.6 Å². The lowest BCUT2D eigenvalue weighted by molar-refractivity contribution is 0.109. The van der Waals surface area contributed by atoms with Crippen LogP contribution in [-0.2, 0) is 19.8 Å². The van der Waals surface area contributed by atoms with E-state index < -0.39 is 17.6 Å². The Morgan fingerprint density at radius 1 is 1.00 bits per heavy atom. The third-order valence-electron chi connectivity index (χ3n) is 4.58. The highest BCUT2D eigenvalue weighted by Gasteiger charge is 2.38. The van der Waals surface area contributed by atoms with Crippen LogP contribution in [0.15, 0.2) is 30.3 Å². The van der Waals surface area contributed by atoms with Crippen molar-refractivity contribution in [3.05, 3.63) is 35.9 Å². The maximum absolute atomic E-state index is 6.10. The maximum Gasteiger partial charge on any atom is 0.500 e. The fourth-order valence-corrected chi connectivity index (χ4v) is 6.86. The molecule has 0 N–H and O–H groups in total. The van der Waals surface area contributed by atoms with Crippen molar-refractivity contribution in [1.82, 2.24) is 4.90 Å². The van der Waals surface area contributed by atoms with Crippen LogP contribution in [0.3, 0.4) is 0 Å². The standard InChI is InChI=1S/C20H39NO3Si2/c1-20(2,3)21(17-19-13-9-8-10-14-19)15-11-12-16-26(22-4,23-5)24-18-25(6)7/h8-10,13-14,25H,11-12,15-18H2,1-7H3. The minimum Gasteiger partial charge on any atom is -0.377 e. The quantitative estimate of drug-likeness (QED) is 0.388. The first-order valence-electron chi connectivity index (χ1n) is 9.75. The van der Waals surface area contributed by atoms with Gasteiger partial charge in [-0.05, 0) is 45.7 Å². The summed E-state index contributed by atoms with van der Waals surface area (Å²) in [7, 11) is 0.205. The molecule has 1 aromatic carbocycles. The third kappa shape index (κ3) is 8.46. The average Bonchev–Trinajstić information content (AvgIpc) is 2.60. The van der Waals surface area contributed by atoms with Crippen molar-refractivity contribution in [3.8, 4) is 0 Å². The van der Waals surface area contributed by atoms with Crippen LogP contribution in [0, 0.1) is 0 Å². The highest BCUT2D eigenvalue weighted by molar-refractivity contribution is 6.63. The van der Waals surface area contributed by atoms with E-state index in [-0.39, 0.29) is 5.54 Å². The molecular formula is C20H39NO3Si2. The van der Waals surface area contributed by atoms with E-state index in [2.05, 4.69) is 69.1 Å².